The maximum Gasteiger partial charge on any atom is 0.338 e. The van der Waals surface area contributed by atoms with Gasteiger partial charge in [-0.1, -0.05) is 18.1 Å². The summed E-state index contributed by atoms with van der Waals surface area (Å²) < 4.78 is 32.0. The highest BCUT2D eigenvalue weighted by molar-refractivity contribution is 7.89. The molecule has 0 saturated carbocycles. The number of sulfonamides is 1. The van der Waals surface area contributed by atoms with E-state index in [9.17, 15) is 18.0 Å². The zero-order valence-corrected chi connectivity index (χ0v) is 15.2. The van der Waals surface area contributed by atoms with Gasteiger partial charge in [-0.25, -0.2) is 17.9 Å². The highest BCUT2D eigenvalue weighted by Gasteiger charge is 2.17. The second kappa shape index (κ2) is 9.15. The number of amides is 1. The van der Waals surface area contributed by atoms with Crippen LogP contribution >= 0.6 is 11.3 Å². The van der Waals surface area contributed by atoms with E-state index < -0.39 is 28.5 Å². The molecule has 1 amide bonds. The molecule has 0 fully saturated rings. The number of terminal acetylenes is 1. The Labute approximate surface area is 155 Å². The average Bonchev–Trinajstić information content (AvgIpc) is 3.16. The number of hydrogen-bond donors (Lipinski definition) is 2. The number of hydrogen-bond acceptors (Lipinski definition) is 6. The van der Waals surface area contributed by atoms with Gasteiger partial charge in [0.1, 0.15) is 0 Å². The first-order valence-electron chi connectivity index (χ1n) is 7.42. The Bertz CT molecular complexity index is 915. The van der Waals surface area contributed by atoms with Gasteiger partial charge < -0.3 is 10.1 Å². The van der Waals surface area contributed by atoms with Crippen molar-refractivity contribution < 1.29 is 22.7 Å². The predicted octanol–water partition coefficient (Wildman–Crippen LogP) is 1.13. The SMILES string of the molecule is C#CCNC(=O)COC(=O)c1cccc(S(=O)(=O)NCc2cccs2)c1. The number of nitrogens with one attached hydrogen (secondary N) is 2. The molecule has 0 unspecified atom stereocenters. The molecule has 0 aliphatic heterocycles. The number of ether oxygens (including phenoxy) is 1. The lowest BCUT2D eigenvalue weighted by molar-refractivity contribution is -0.123. The summed E-state index contributed by atoms with van der Waals surface area (Å²) in [6, 6.07) is 9.02. The van der Waals surface area contributed by atoms with Gasteiger partial charge in [0.15, 0.2) is 6.61 Å². The summed E-state index contributed by atoms with van der Waals surface area (Å²) in [6.07, 6.45) is 5.00. The molecular formula is C17H16N2O5S2. The molecular weight excluding hydrogens is 376 g/mol. The van der Waals surface area contributed by atoms with E-state index in [1.807, 2.05) is 17.5 Å². The molecule has 0 radical (unpaired) electrons. The third kappa shape index (κ3) is 5.70. The summed E-state index contributed by atoms with van der Waals surface area (Å²) >= 11 is 1.43. The summed E-state index contributed by atoms with van der Waals surface area (Å²) in [5, 5.41) is 4.19. The largest absolute Gasteiger partial charge is 0.452 e. The molecule has 2 aromatic rings. The van der Waals surface area contributed by atoms with Crippen molar-refractivity contribution in [1.29, 1.82) is 0 Å². The van der Waals surface area contributed by atoms with Gasteiger partial charge in [-0.3, -0.25) is 4.79 Å². The van der Waals surface area contributed by atoms with Gasteiger partial charge in [0.05, 0.1) is 17.0 Å². The van der Waals surface area contributed by atoms with E-state index in [1.165, 1.54) is 35.6 Å². The molecule has 136 valence electrons. The number of thiophene rings is 1. The minimum absolute atomic E-state index is 0.0220. The normalized spacial score (nSPS) is 10.7. The Balaban J connectivity index is 2.01. The van der Waals surface area contributed by atoms with Crippen LogP contribution in [0.2, 0.25) is 0 Å². The van der Waals surface area contributed by atoms with E-state index in [1.54, 1.807) is 0 Å². The van der Waals surface area contributed by atoms with E-state index in [0.717, 1.165) is 4.88 Å². The lowest BCUT2D eigenvalue weighted by Crippen LogP contribution is -2.29. The lowest BCUT2D eigenvalue weighted by Gasteiger charge is -2.08. The first-order chi connectivity index (χ1) is 12.4. The first kappa shape index (κ1) is 19.7. The van der Waals surface area contributed by atoms with Crippen LogP contribution in [0.4, 0.5) is 0 Å². The molecule has 0 bridgehead atoms. The van der Waals surface area contributed by atoms with Crippen LogP contribution in [0.5, 0.6) is 0 Å². The highest BCUT2D eigenvalue weighted by Crippen LogP contribution is 2.14. The van der Waals surface area contributed by atoms with Crippen molar-refractivity contribution in [3.63, 3.8) is 0 Å². The second-order valence-corrected chi connectivity index (χ2v) is 7.79. The van der Waals surface area contributed by atoms with Crippen LogP contribution in [0.3, 0.4) is 0 Å². The Morgan fingerprint density at radius 1 is 1.23 bits per heavy atom. The molecule has 7 nitrogen and oxygen atoms in total. The third-order valence-electron chi connectivity index (χ3n) is 3.12. The first-order valence-corrected chi connectivity index (χ1v) is 9.78. The Kier molecular flexibility index (Phi) is 6.91. The molecule has 9 heteroatoms. The van der Waals surface area contributed by atoms with Gasteiger partial charge in [0.2, 0.25) is 10.0 Å². The lowest BCUT2D eigenvalue weighted by atomic mass is 10.2. The smallest absolute Gasteiger partial charge is 0.338 e. The maximum absolute atomic E-state index is 12.3. The molecule has 1 aromatic carbocycles. The fourth-order valence-electron chi connectivity index (χ4n) is 1.87. The van der Waals surface area contributed by atoms with Crippen molar-refractivity contribution in [2.24, 2.45) is 0 Å². The molecule has 0 aliphatic rings. The summed E-state index contributed by atoms with van der Waals surface area (Å²) in [6.45, 7) is -0.321. The number of esters is 1. The molecule has 0 aliphatic carbocycles. The van der Waals surface area contributed by atoms with Crippen molar-refractivity contribution in [2.45, 2.75) is 11.4 Å². The van der Waals surface area contributed by atoms with Crippen LogP contribution in [0.15, 0.2) is 46.7 Å². The standard InChI is InChI=1S/C17H16N2O5S2/c1-2-8-18-16(20)12-24-17(21)13-5-3-7-15(10-13)26(22,23)19-11-14-6-4-9-25-14/h1,3-7,9-10,19H,8,11-12H2,(H,18,20). The van der Waals surface area contributed by atoms with E-state index in [4.69, 9.17) is 11.2 Å². The Morgan fingerprint density at radius 3 is 2.73 bits per heavy atom. The van der Waals surface area contributed by atoms with E-state index >= 15 is 0 Å². The Hall–Kier alpha value is -2.67. The molecule has 0 atom stereocenters. The van der Waals surface area contributed by atoms with Crippen LogP contribution in [-0.2, 0) is 26.1 Å². The van der Waals surface area contributed by atoms with Crippen molar-refractivity contribution >= 4 is 33.2 Å². The minimum Gasteiger partial charge on any atom is -0.452 e. The predicted molar refractivity (Wildman–Crippen MR) is 96.9 cm³/mol. The highest BCUT2D eigenvalue weighted by atomic mass is 32.2. The molecule has 26 heavy (non-hydrogen) atoms. The molecule has 0 saturated heterocycles. The fourth-order valence-corrected chi connectivity index (χ4v) is 3.66. The Morgan fingerprint density at radius 2 is 2.04 bits per heavy atom. The summed E-state index contributed by atoms with van der Waals surface area (Å²) in [5.74, 6) is 0.866. The quantitative estimate of drug-likeness (QED) is 0.518. The number of rotatable bonds is 8. The van der Waals surface area contributed by atoms with Gasteiger partial charge in [-0.15, -0.1) is 17.8 Å². The van der Waals surface area contributed by atoms with Crippen LogP contribution in [0.1, 0.15) is 15.2 Å². The molecule has 0 spiro atoms. The summed E-state index contributed by atoms with van der Waals surface area (Å²) in [4.78, 5) is 24.2. The zero-order valence-electron chi connectivity index (χ0n) is 13.6. The number of benzene rings is 1. The minimum atomic E-state index is -3.79. The fraction of sp³-hybridized carbons (Fsp3) is 0.176. The van der Waals surface area contributed by atoms with Gasteiger partial charge in [0, 0.05) is 11.4 Å². The van der Waals surface area contributed by atoms with Crippen molar-refractivity contribution in [3.8, 4) is 12.3 Å². The molecule has 1 aromatic heterocycles. The topological polar surface area (TPSA) is 102 Å². The molecule has 2 rings (SSSR count). The monoisotopic (exact) mass is 392 g/mol. The summed E-state index contributed by atoms with van der Waals surface area (Å²) in [5.41, 5.74) is 0.0220. The van der Waals surface area contributed by atoms with Crippen molar-refractivity contribution in [1.82, 2.24) is 10.0 Å². The van der Waals surface area contributed by atoms with Crippen LogP contribution in [0, 0.1) is 12.3 Å². The van der Waals surface area contributed by atoms with Crippen LogP contribution in [0.25, 0.3) is 0 Å². The van der Waals surface area contributed by atoms with Crippen LogP contribution < -0.4 is 10.0 Å². The number of carbonyl (C=O) groups excluding carboxylic acids is 2. The third-order valence-corrected chi connectivity index (χ3v) is 5.39. The van der Waals surface area contributed by atoms with Crippen molar-refractivity contribution in [2.75, 3.05) is 13.2 Å². The number of carbonyl (C=O) groups is 2. The van der Waals surface area contributed by atoms with E-state index in [-0.39, 0.29) is 23.5 Å². The molecule has 2 N–H and O–H groups in total. The van der Waals surface area contributed by atoms with Crippen molar-refractivity contribution in [3.05, 3.63) is 52.2 Å². The zero-order chi connectivity index (χ0) is 19.0. The van der Waals surface area contributed by atoms with Gasteiger partial charge >= 0.3 is 5.97 Å². The van der Waals surface area contributed by atoms with E-state index in [0.29, 0.717) is 0 Å². The average molecular weight is 392 g/mol. The maximum atomic E-state index is 12.3. The second-order valence-electron chi connectivity index (χ2n) is 4.99. The van der Waals surface area contributed by atoms with Crippen LogP contribution in [-0.4, -0.2) is 33.4 Å². The van der Waals surface area contributed by atoms with E-state index in [2.05, 4.69) is 16.0 Å². The van der Waals surface area contributed by atoms with Gasteiger partial charge in [0.25, 0.3) is 5.91 Å². The summed E-state index contributed by atoms with van der Waals surface area (Å²) in [7, 11) is -3.79. The van der Waals surface area contributed by atoms with Gasteiger partial charge in [-0.2, -0.15) is 0 Å². The van der Waals surface area contributed by atoms with Gasteiger partial charge in [-0.05, 0) is 29.6 Å². The molecule has 1 heterocycles.